The van der Waals surface area contributed by atoms with E-state index in [1.807, 2.05) is 0 Å². The first-order chi connectivity index (χ1) is 10.4. The standard InChI is InChI=1S/C14H9ClN2O4S/c15-9-6-7-11-12(8-9)16-14(19)17(13(11)18)22(20,21)10-4-2-1-3-5-10/h1-8H,(H,16,19). The van der Waals surface area contributed by atoms with Gasteiger partial charge in [0.1, 0.15) is 0 Å². The zero-order valence-electron chi connectivity index (χ0n) is 11.0. The molecular formula is C14H9ClN2O4S. The Kier molecular flexibility index (Phi) is 3.38. The molecule has 1 aromatic heterocycles. The third-order valence-corrected chi connectivity index (χ3v) is 5.02. The van der Waals surface area contributed by atoms with E-state index >= 15 is 0 Å². The van der Waals surface area contributed by atoms with Crippen molar-refractivity contribution in [3.63, 3.8) is 0 Å². The van der Waals surface area contributed by atoms with Crippen molar-refractivity contribution in [2.24, 2.45) is 0 Å². The largest absolute Gasteiger partial charge is 0.343 e. The Hall–Kier alpha value is -2.38. The minimum atomic E-state index is -4.27. The highest BCUT2D eigenvalue weighted by Gasteiger charge is 2.22. The number of aromatic nitrogens is 2. The number of H-pyrrole nitrogens is 1. The summed E-state index contributed by atoms with van der Waals surface area (Å²) in [6, 6.07) is 11.5. The van der Waals surface area contributed by atoms with Crippen molar-refractivity contribution in [1.82, 2.24) is 8.96 Å². The van der Waals surface area contributed by atoms with Gasteiger partial charge in [0.15, 0.2) is 0 Å². The van der Waals surface area contributed by atoms with Gasteiger partial charge in [-0.25, -0.2) is 13.2 Å². The molecule has 2 aromatic carbocycles. The van der Waals surface area contributed by atoms with Crippen LogP contribution in [0.15, 0.2) is 63.0 Å². The van der Waals surface area contributed by atoms with E-state index in [2.05, 4.69) is 4.98 Å². The minimum absolute atomic E-state index is 0.0588. The topological polar surface area (TPSA) is 89.0 Å². The summed E-state index contributed by atoms with van der Waals surface area (Å²) in [4.78, 5) is 26.7. The number of halogens is 1. The first-order valence-electron chi connectivity index (χ1n) is 6.16. The molecule has 112 valence electrons. The maximum absolute atomic E-state index is 12.5. The minimum Gasteiger partial charge on any atom is -0.306 e. The van der Waals surface area contributed by atoms with E-state index in [9.17, 15) is 18.0 Å². The number of hydrogen-bond donors (Lipinski definition) is 1. The van der Waals surface area contributed by atoms with Crippen molar-refractivity contribution in [3.8, 4) is 0 Å². The van der Waals surface area contributed by atoms with Crippen LogP contribution in [0, 0.1) is 0 Å². The second-order valence-electron chi connectivity index (χ2n) is 4.51. The molecule has 8 heteroatoms. The van der Waals surface area contributed by atoms with Gasteiger partial charge in [-0.3, -0.25) is 4.79 Å². The highest BCUT2D eigenvalue weighted by molar-refractivity contribution is 7.90. The summed E-state index contributed by atoms with van der Waals surface area (Å²) in [5, 5.41) is 0.384. The summed E-state index contributed by atoms with van der Waals surface area (Å²) in [5.74, 6) is 0. The van der Waals surface area contributed by atoms with Crippen LogP contribution in [-0.2, 0) is 10.0 Å². The van der Waals surface area contributed by atoms with E-state index < -0.39 is 21.3 Å². The van der Waals surface area contributed by atoms with Crippen molar-refractivity contribution in [2.45, 2.75) is 4.90 Å². The molecule has 3 aromatic rings. The van der Waals surface area contributed by atoms with Crippen LogP contribution in [-0.4, -0.2) is 17.4 Å². The molecule has 0 atom stereocenters. The summed E-state index contributed by atoms with van der Waals surface area (Å²) in [7, 11) is -4.27. The Morgan fingerprint density at radius 1 is 1.00 bits per heavy atom. The summed E-state index contributed by atoms with van der Waals surface area (Å²) >= 11 is 5.80. The fraction of sp³-hybridized carbons (Fsp3) is 0. The number of aromatic amines is 1. The van der Waals surface area contributed by atoms with Crippen LogP contribution < -0.4 is 11.2 Å². The maximum Gasteiger partial charge on any atom is 0.343 e. The number of nitrogens with zero attached hydrogens (tertiary/aromatic N) is 1. The van der Waals surface area contributed by atoms with Crippen molar-refractivity contribution >= 4 is 32.5 Å². The molecule has 0 bridgehead atoms. The van der Waals surface area contributed by atoms with E-state index in [1.165, 1.54) is 42.5 Å². The average Bonchev–Trinajstić information content (AvgIpc) is 2.47. The predicted octanol–water partition coefficient (Wildman–Crippen LogP) is 1.58. The molecule has 0 aliphatic rings. The van der Waals surface area contributed by atoms with Gasteiger partial charge in [0, 0.05) is 5.02 Å². The zero-order valence-corrected chi connectivity index (χ0v) is 12.6. The molecule has 22 heavy (non-hydrogen) atoms. The second kappa shape index (κ2) is 5.11. The smallest absolute Gasteiger partial charge is 0.306 e. The van der Waals surface area contributed by atoms with Crippen molar-refractivity contribution in [1.29, 1.82) is 0 Å². The molecule has 0 radical (unpaired) electrons. The van der Waals surface area contributed by atoms with Crippen LogP contribution >= 0.6 is 11.6 Å². The Morgan fingerprint density at radius 3 is 2.36 bits per heavy atom. The summed E-state index contributed by atoms with van der Waals surface area (Å²) in [6.45, 7) is 0. The SMILES string of the molecule is O=c1[nH]c2cc(Cl)ccc2c(=O)n1S(=O)(=O)c1ccccc1. The van der Waals surface area contributed by atoms with Crippen molar-refractivity contribution in [2.75, 3.05) is 0 Å². The van der Waals surface area contributed by atoms with Gasteiger partial charge in [0.2, 0.25) is 0 Å². The highest BCUT2D eigenvalue weighted by atomic mass is 35.5. The van der Waals surface area contributed by atoms with Gasteiger partial charge in [-0.15, -0.1) is 3.97 Å². The van der Waals surface area contributed by atoms with E-state index in [0.717, 1.165) is 0 Å². The van der Waals surface area contributed by atoms with Gasteiger partial charge in [-0.2, -0.15) is 0 Å². The van der Waals surface area contributed by atoms with Gasteiger partial charge < -0.3 is 4.98 Å². The van der Waals surface area contributed by atoms with Gasteiger partial charge in [0.25, 0.3) is 15.6 Å². The lowest BCUT2D eigenvalue weighted by molar-refractivity contribution is 0.582. The zero-order chi connectivity index (χ0) is 15.9. The van der Waals surface area contributed by atoms with Crippen LogP contribution in [0.1, 0.15) is 0 Å². The number of fused-ring (bicyclic) bond motifs is 1. The summed E-state index contributed by atoms with van der Waals surface area (Å²) in [6.07, 6.45) is 0. The molecule has 0 aliphatic heterocycles. The monoisotopic (exact) mass is 336 g/mol. The van der Waals surface area contributed by atoms with E-state index in [0.29, 0.717) is 5.02 Å². The molecule has 0 saturated heterocycles. The third kappa shape index (κ3) is 2.24. The fourth-order valence-corrected chi connectivity index (χ4v) is 3.55. The van der Waals surface area contributed by atoms with Crippen molar-refractivity contribution < 1.29 is 8.42 Å². The van der Waals surface area contributed by atoms with Crippen molar-refractivity contribution in [3.05, 3.63) is 74.4 Å². The van der Waals surface area contributed by atoms with Crippen LogP contribution in [0.5, 0.6) is 0 Å². The van der Waals surface area contributed by atoms with Crippen LogP contribution in [0.2, 0.25) is 5.02 Å². The maximum atomic E-state index is 12.5. The normalized spacial score (nSPS) is 11.7. The summed E-state index contributed by atoms with van der Waals surface area (Å²) in [5.41, 5.74) is -1.77. The molecule has 0 saturated carbocycles. The van der Waals surface area contributed by atoms with Crippen LogP contribution in [0.25, 0.3) is 10.9 Å². The van der Waals surface area contributed by atoms with Gasteiger partial charge in [-0.1, -0.05) is 29.8 Å². The Morgan fingerprint density at radius 2 is 1.68 bits per heavy atom. The molecule has 0 fully saturated rings. The number of hydrogen-bond acceptors (Lipinski definition) is 4. The van der Waals surface area contributed by atoms with Crippen LogP contribution in [0.3, 0.4) is 0 Å². The number of benzene rings is 2. The van der Waals surface area contributed by atoms with E-state index in [4.69, 9.17) is 11.6 Å². The quantitative estimate of drug-likeness (QED) is 0.769. The molecule has 0 aliphatic carbocycles. The summed E-state index contributed by atoms with van der Waals surface area (Å²) < 4.78 is 25.2. The molecular weight excluding hydrogens is 328 g/mol. The third-order valence-electron chi connectivity index (χ3n) is 3.10. The molecule has 0 unspecified atom stereocenters. The van der Waals surface area contributed by atoms with E-state index in [-0.39, 0.29) is 19.8 Å². The Labute approximate surface area is 129 Å². The lowest BCUT2D eigenvalue weighted by Gasteiger charge is -2.07. The predicted molar refractivity (Wildman–Crippen MR) is 82.9 cm³/mol. The average molecular weight is 337 g/mol. The lowest BCUT2D eigenvalue weighted by atomic mass is 10.2. The molecule has 0 spiro atoms. The second-order valence-corrected chi connectivity index (χ2v) is 6.73. The molecule has 1 N–H and O–H groups in total. The number of nitrogens with one attached hydrogen (secondary N) is 1. The molecule has 1 heterocycles. The lowest BCUT2D eigenvalue weighted by Crippen LogP contribution is -2.39. The highest BCUT2D eigenvalue weighted by Crippen LogP contribution is 2.15. The fourth-order valence-electron chi connectivity index (χ4n) is 2.09. The Bertz CT molecular complexity index is 1090. The van der Waals surface area contributed by atoms with Gasteiger partial charge in [-0.05, 0) is 30.3 Å². The van der Waals surface area contributed by atoms with Gasteiger partial charge >= 0.3 is 5.69 Å². The van der Waals surface area contributed by atoms with E-state index in [1.54, 1.807) is 6.07 Å². The molecule has 3 rings (SSSR count). The van der Waals surface area contributed by atoms with Crippen LogP contribution in [0.4, 0.5) is 0 Å². The first-order valence-corrected chi connectivity index (χ1v) is 7.98. The molecule has 6 nitrogen and oxygen atoms in total. The Balaban J connectivity index is 2.40. The molecule has 0 amide bonds. The first kappa shape index (κ1) is 14.6. The van der Waals surface area contributed by atoms with Gasteiger partial charge in [0.05, 0.1) is 15.8 Å². The number of rotatable bonds is 2.